The lowest BCUT2D eigenvalue weighted by molar-refractivity contribution is 0.300. The first-order valence-electron chi connectivity index (χ1n) is 23.0. The standard InChI is InChI=1S/C58H57N5O4/c1-56(2,3)40-24-28-45(29-25-40)59-53-54(64)49(55(53)65)37-52-57(4,5)50-36-48(32-33-51(50)62(52)6)67-39-46-38-63(61-60-46)34-16-17-35-66-47-30-26-44(27-31-47)58(41-18-10-7-11-19-41,42-20-12-8-13-21-42)43-22-14-9-15-23-43/h7-15,18-33,36-38,64H,16-17,34-35,39H2,1-6H3/b52-37+,59-53?. The van der Waals surface area contributed by atoms with Crippen molar-refractivity contribution < 1.29 is 14.6 Å². The molecule has 0 radical (unpaired) electrons. The number of ether oxygens (including phenoxy) is 2. The summed E-state index contributed by atoms with van der Waals surface area (Å²) in [6.45, 7) is 12.2. The summed E-state index contributed by atoms with van der Waals surface area (Å²) in [7, 11) is 1.98. The predicted octanol–water partition coefficient (Wildman–Crippen LogP) is 11.3. The maximum absolute atomic E-state index is 13.3. The van der Waals surface area contributed by atoms with E-state index >= 15 is 0 Å². The Kier molecular flexibility index (Phi) is 12.3. The Bertz CT molecular complexity index is 2990. The number of likely N-dealkylation sites (N-methyl/N-ethyl adjacent to an activating group) is 1. The third-order valence-corrected chi connectivity index (χ3v) is 13.1. The molecule has 0 saturated heterocycles. The quantitative estimate of drug-likeness (QED) is 0.0808. The first kappa shape index (κ1) is 44.7. The average Bonchev–Trinajstić information content (AvgIpc) is 3.88. The average molecular weight is 888 g/mol. The summed E-state index contributed by atoms with van der Waals surface area (Å²) in [6, 6.07) is 54.5. The number of hydrogen-bond donors (Lipinski definition) is 1. The van der Waals surface area contributed by atoms with Crippen LogP contribution in [0.3, 0.4) is 0 Å². The summed E-state index contributed by atoms with van der Waals surface area (Å²) >= 11 is 0. The van der Waals surface area contributed by atoms with Crippen molar-refractivity contribution in [2.45, 2.75) is 76.9 Å². The van der Waals surface area contributed by atoms with Crippen molar-refractivity contribution in [1.29, 1.82) is 0 Å². The lowest BCUT2D eigenvalue weighted by Crippen LogP contribution is -2.35. The second kappa shape index (κ2) is 18.4. The molecule has 0 amide bonds. The zero-order chi connectivity index (χ0) is 46.8. The molecule has 8 aromatic rings. The summed E-state index contributed by atoms with van der Waals surface area (Å²) in [5.41, 5.74) is 9.31. The monoisotopic (exact) mass is 887 g/mol. The minimum atomic E-state index is -0.493. The highest BCUT2D eigenvalue weighted by Crippen LogP contribution is 2.49. The second-order valence-electron chi connectivity index (χ2n) is 18.9. The highest BCUT2D eigenvalue weighted by molar-refractivity contribution is 5.78. The molecule has 1 aliphatic rings. The van der Waals surface area contributed by atoms with Crippen LogP contribution < -0.4 is 25.2 Å². The Morgan fingerprint density at radius 3 is 1.85 bits per heavy atom. The summed E-state index contributed by atoms with van der Waals surface area (Å²) in [5, 5.41) is 19.8. The third-order valence-electron chi connectivity index (χ3n) is 13.1. The highest BCUT2D eigenvalue weighted by Gasteiger charge is 2.40. The van der Waals surface area contributed by atoms with E-state index in [-0.39, 0.29) is 34.1 Å². The van der Waals surface area contributed by atoms with Crippen molar-refractivity contribution in [1.82, 2.24) is 15.0 Å². The zero-order valence-electron chi connectivity index (χ0n) is 39.1. The normalized spacial score (nSPS) is 14.4. The summed E-state index contributed by atoms with van der Waals surface area (Å²) < 4.78 is 14.3. The Hall–Kier alpha value is -7.52. The molecule has 0 unspecified atom stereocenters. The van der Waals surface area contributed by atoms with Crippen molar-refractivity contribution in [3.63, 3.8) is 0 Å². The number of aromatic nitrogens is 3. The summed E-state index contributed by atoms with van der Waals surface area (Å²) in [5.74, 6) is 1.46. The maximum atomic E-state index is 13.3. The van der Waals surface area contributed by atoms with Crippen LogP contribution in [0.4, 0.5) is 11.4 Å². The fourth-order valence-corrected chi connectivity index (χ4v) is 9.41. The van der Waals surface area contributed by atoms with Gasteiger partial charge in [0.2, 0.25) is 5.43 Å². The van der Waals surface area contributed by atoms with E-state index in [1.54, 1.807) is 6.08 Å². The van der Waals surface area contributed by atoms with Crippen molar-refractivity contribution in [2.75, 3.05) is 18.6 Å². The van der Waals surface area contributed by atoms with Crippen LogP contribution in [-0.4, -0.2) is 33.8 Å². The van der Waals surface area contributed by atoms with Gasteiger partial charge in [0.15, 0.2) is 11.1 Å². The van der Waals surface area contributed by atoms with Gasteiger partial charge >= 0.3 is 0 Å². The van der Waals surface area contributed by atoms with Gasteiger partial charge in [-0.3, -0.25) is 9.48 Å². The van der Waals surface area contributed by atoms with E-state index < -0.39 is 10.8 Å². The van der Waals surface area contributed by atoms with Gasteiger partial charge in [0, 0.05) is 30.4 Å². The fraction of sp³-hybridized carbons (Fsp3) is 0.241. The minimum Gasteiger partial charge on any atom is -0.505 e. The molecular weight excluding hydrogens is 831 g/mol. The third kappa shape index (κ3) is 8.81. The van der Waals surface area contributed by atoms with E-state index in [1.807, 2.05) is 60.4 Å². The molecule has 0 fully saturated rings. The molecule has 2 heterocycles. The number of rotatable bonds is 15. The van der Waals surface area contributed by atoms with Gasteiger partial charge in [-0.05, 0) is 100 Å². The zero-order valence-corrected chi connectivity index (χ0v) is 39.1. The maximum Gasteiger partial charge on any atom is 0.219 e. The number of aromatic hydroxyl groups is 1. The topological polar surface area (TPSA) is 102 Å². The second-order valence-corrected chi connectivity index (χ2v) is 18.9. The Morgan fingerprint density at radius 1 is 0.701 bits per heavy atom. The van der Waals surface area contributed by atoms with Gasteiger partial charge in [-0.15, -0.1) is 5.10 Å². The fourth-order valence-electron chi connectivity index (χ4n) is 9.41. The number of benzene rings is 6. The van der Waals surface area contributed by atoms with E-state index in [0.29, 0.717) is 24.6 Å². The van der Waals surface area contributed by atoms with Crippen LogP contribution in [0.1, 0.15) is 92.1 Å². The van der Waals surface area contributed by atoms with Crippen molar-refractivity contribution in [3.8, 4) is 17.2 Å². The molecule has 0 bridgehead atoms. The Balaban J connectivity index is 0.791. The van der Waals surface area contributed by atoms with E-state index in [0.717, 1.165) is 41.2 Å². The van der Waals surface area contributed by atoms with Gasteiger partial charge < -0.3 is 19.5 Å². The van der Waals surface area contributed by atoms with E-state index in [4.69, 9.17) is 9.47 Å². The largest absolute Gasteiger partial charge is 0.505 e. The molecule has 9 heteroatoms. The summed E-state index contributed by atoms with van der Waals surface area (Å²) in [4.78, 5) is 19.8. The molecule has 67 heavy (non-hydrogen) atoms. The van der Waals surface area contributed by atoms with Crippen LogP contribution in [0.25, 0.3) is 6.08 Å². The number of nitrogens with zero attached hydrogens (tertiary/aromatic N) is 5. The van der Waals surface area contributed by atoms with Crippen LogP contribution in [0.5, 0.6) is 17.2 Å². The molecule has 7 aromatic carbocycles. The molecule has 0 aliphatic carbocycles. The van der Waals surface area contributed by atoms with Gasteiger partial charge in [0.1, 0.15) is 23.8 Å². The number of hydrogen-bond acceptors (Lipinski definition) is 8. The molecular formula is C58H57N5O4. The van der Waals surface area contributed by atoms with Gasteiger partial charge in [-0.1, -0.05) is 155 Å². The molecule has 338 valence electrons. The molecule has 0 saturated carbocycles. The van der Waals surface area contributed by atoms with Crippen molar-refractivity contribution in [3.05, 3.63) is 230 Å². The lowest BCUT2D eigenvalue weighted by Gasteiger charge is -2.36. The lowest BCUT2D eigenvalue weighted by atomic mass is 9.65. The first-order chi connectivity index (χ1) is 32.3. The van der Waals surface area contributed by atoms with Gasteiger partial charge in [0.05, 0.1) is 29.5 Å². The van der Waals surface area contributed by atoms with E-state index in [1.165, 1.54) is 27.8 Å². The van der Waals surface area contributed by atoms with Crippen LogP contribution in [0.2, 0.25) is 0 Å². The number of unbranched alkanes of at least 4 members (excludes halogenated alkanes) is 1. The van der Waals surface area contributed by atoms with Gasteiger partial charge in [-0.2, -0.15) is 0 Å². The SMILES string of the molecule is CN1/C(=C/c2c(O)c(=Nc3ccc(C(C)(C)C)cc3)c2=O)C(C)(C)c2cc(OCc3cn(CCCCOc4ccc(C(c5ccccc5)(c5ccccc5)c5ccccc5)cc4)nn3)ccc21. The molecule has 1 aliphatic heterocycles. The van der Waals surface area contributed by atoms with Crippen LogP contribution in [-0.2, 0) is 29.4 Å². The molecule has 0 atom stereocenters. The Morgan fingerprint density at radius 2 is 1.27 bits per heavy atom. The van der Waals surface area contributed by atoms with Crippen LogP contribution >= 0.6 is 0 Å². The van der Waals surface area contributed by atoms with Crippen molar-refractivity contribution >= 4 is 17.5 Å². The van der Waals surface area contributed by atoms with Gasteiger partial charge in [-0.25, -0.2) is 4.99 Å². The molecule has 1 aromatic heterocycles. The summed E-state index contributed by atoms with van der Waals surface area (Å²) in [6.07, 6.45) is 5.45. The number of fused-ring (bicyclic) bond motifs is 1. The molecule has 9 rings (SSSR count). The van der Waals surface area contributed by atoms with Gasteiger partial charge in [0.25, 0.3) is 0 Å². The van der Waals surface area contributed by atoms with Crippen LogP contribution in [0, 0.1) is 0 Å². The smallest absolute Gasteiger partial charge is 0.219 e. The van der Waals surface area contributed by atoms with Crippen LogP contribution in [0.15, 0.2) is 179 Å². The molecule has 0 spiro atoms. The number of anilines is 1. The van der Waals surface area contributed by atoms with E-state index in [9.17, 15) is 9.90 Å². The predicted molar refractivity (Wildman–Crippen MR) is 267 cm³/mol. The highest BCUT2D eigenvalue weighted by atomic mass is 16.5. The molecule has 1 N–H and O–H groups in total. The van der Waals surface area contributed by atoms with Crippen molar-refractivity contribution in [2.24, 2.45) is 4.99 Å². The molecule has 9 nitrogen and oxygen atoms in total. The minimum absolute atomic E-state index is 0.00754. The Labute approximate surface area is 393 Å². The van der Waals surface area contributed by atoms with E-state index in [2.05, 4.69) is 170 Å². The number of allylic oxidation sites excluding steroid dienone is 1. The number of aryl methyl sites for hydroxylation is 1. The first-order valence-corrected chi connectivity index (χ1v) is 23.0.